The van der Waals surface area contributed by atoms with Crippen molar-refractivity contribution >= 4 is 5.97 Å². The highest BCUT2D eigenvalue weighted by Gasteiger charge is 2.36. The average molecular weight is 372 g/mol. The van der Waals surface area contributed by atoms with Crippen LogP contribution >= 0.6 is 0 Å². The minimum Gasteiger partial charge on any atom is -0.507 e. The summed E-state index contributed by atoms with van der Waals surface area (Å²) in [5, 5.41) is 29.1. The molecule has 144 valence electrons. The molecule has 2 aromatic rings. The van der Waals surface area contributed by atoms with Crippen molar-refractivity contribution in [3.05, 3.63) is 46.0 Å². The Morgan fingerprint density at radius 2 is 1.81 bits per heavy atom. The van der Waals surface area contributed by atoms with E-state index in [0.29, 0.717) is 18.6 Å². The maximum absolute atomic E-state index is 12.3. The van der Waals surface area contributed by atoms with Gasteiger partial charge < -0.3 is 24.8 Å². The number of aromatic hydroxyl groups is 3. The minimum absolute atomic E-state index is 0.0469. The summed E-state index contributed by atoms with van der Waals surface area (Å²) in [4.78, 5) is 12.3. The molecule has 3 rings (SSSR count). The first-order chi connectivity index (χ1) is 12.6. The Kier molecular flexibility index (Phi) is 4.68. The van der Waals surface area contributed by atoms with Crippen LogP contribution in [0.3, 0.4) is 0 Å². The highest BCUT2D eigenvalue weighted by molar-refractivity contribution is 5.90. The number of carbonyl (C=O) groups is 1. The van der Waals surface area contributed by atoms with Crippen LogP contribution in [0.5, 0.6) is 23.0 Å². The second kappa shape index (κ2) is 6.68. The third-order valence-electron chi connectivity index (χ3n) is 5.31. The van der Waals surface area contributed by atoms with Gasteiger partial charge in [0.15, 0.2) is 11.5 Å². The van der Waals surface area contributed by atoms with E-state index >= 15 is 0 Å². The first-order valence-corrected chi connectivity index (χ1v) is 8.82. The van der Waals surface area contributed by atoms with Crippen molar-refractivity contribution in [1.82, 2.24) is 0 Å². The Morgan fingerprint density at radius 3 is 2.48 bits per heavy atom. The maximum atomic E-state index is 12.3. The van der Waals surface area contributed by atoms with Gasteiger partial charge in [0.25, 0.3) is 0 Å². The first kappa shape index (κ1) is 18.9. The molecule has 0 bridgehead atoms. The largest absolute Gasteiger partial charge is 0.507 e. The number of carbonyl (C=O) groups excluding carboxylic acids is 1. The van der Waals surface area contributed by atoms with Gasteiger partial charge in [-0.25, -0.2) is 4.79 Å². The van der Waals surface area contributed by atoms with Crippen molar-refractivity contribution in [2.45, 2.75) is 46.1 Å². The second-order valence-corrected chi connectivity index (χ2v) is 7.36. The summed E-state index contributed by atoms with van der Waals surface area (Å²) in [5.41, 5.74) is 2.94. The lowest BCUT2D eigenvalue weighted by atomic mass is 9.87. The number of phenolic OH excluding ortho intramolecular Hbond substituents is 3. The molecule has 1 atom stereocenters. The van der Waals surface area contributed by atoms with E-state index in [4.69, 9.17) is 9.47 Å². The van der Waals surface area contributed by atoms with Crippen molar-refractivity contribution < 1.29 is 29.6 Å². The number of ether oxygens (including phenoxy) is 2. The maximum Gasteiger partial charge on any atom is 0.338 e. The molecule has 0 spiro atoms. The zero-order valence-corrected chi connectivity index (χ0v) is 15.9. The van der Waals surface area contributed by atoms with Crippen LogP contribution in [0.15, 0.2) is 18.2 Å². The normalized spacial score (nSPS) is 18.5. The van der Waals surface area contributed by atoms with Crippen molar-refractivity contribution in [1.29, 1.82) is 0 Å². The summed E-state index contributed by atoms with van der Waals surface area (Å²) < 4.78 is 11.6. The lowest BCUT2D eigenvalue weighted by Gasteiger charge is -2.37. The number of hydrogen-bond donors (Lipinski definition) is 3. The molecule has 0 saturated carbocycles. The molecule has 0 saturated heterocycles. The molecule has 27 heavy (non-hydrogen) atoms. The van der Waals surface area contributed by atoms with Gasteiger partial charge in [-0.3, -0.25) is 0 Å². The van der Waals surface area contributed by atoms with E-state index in [2.05, 4.69) is 0 Å². The lowest BCUT2D eigenvalue weighted by molar-refractivity contribution is -0.0164. The van der Waals surface area contributed by atoms with Gasteiger partial charge in [-0.1, -0.05) is 0 Å². The van der Waals surface area contributed by atoms with Crippen LogP contribution in [-0.2, 0) is 11.2 Å². The number of phenols is 3. The zero-order chi connectivity index (χ0) is 19.9. The standard InChI is InChI=1S/C21H24O6/c1-11-12(2)19-15(13(3)18(11)24)7-8-21(4,27-19)10-26-20(25)14-5-6-16(22)17(23)9-14/h5-6,9,22-24H,7-8,10H2,1-4H3. The molecule has 0 amide bonds. The Bertz CT molecular complexity index is 918. The number of hydrogen-bond acceptors (Lipinski definition) is 6. The smallest absolute Gasteiger partial charge is 0.338 e. The third-order valence-corrected chi connectivity index (χ3v) is 5.31. The number of benzene rings is 2. The molecule has 1 aliphatic rings. The summed E-state index contributed by atoms with van der Waals surface area (Å²) in [5.74, 6) is -0.224. The zero-order valence-electron chi connectivity index (χ0n) is 15.9. The Morgan fingerprint density at radius 1 is 1.11 bits per heavy atom. The Balaban J connectivity index is 1.77. The van der Waals surface area contributed by atoms with E-state index in [1.807, 2.05) is 27.7 Å². The van der Waals surface area contributed by atoms with Crippen LogP contribution in [0.4, 0.5) is 0 Å². The molecule has 0 aliphatic carbocycles. The number of esters is 1. The fourth-order valence-electron chi connectivity index (χ4n) is 3.35. The Hall–Kier alpha value is -2.89. The van der Waals surface area contributed by atoms with E-state index in [-0.39, 0.29) is 23.7 Å². The van der Waals surface area contributed by atoms with Gasteiger partial charge in [-0.15, -0.1) is 0 Å². The quantitative estimate of drug-likeness (QED) is 0.562. The topological polar surface area (TPSA) is 96.2 Å². The summed E-state index contributed by atoms with van der Waals surface area (Å²) >= 11 is 0. The van der Waals surface area contributed by atoms with Crippen LogP contribution in [0.25, 0.3) is 0 Å². The van der Waals surface area contributed by atoms with Gasteiger partial charge in [0.1, 0.15) is 23.7 Å². The van der Waals surface area contributed by atoms with Crippen LogP contribution in [-0.4, -0.2) is 33.5 Å². The van der Waals surface area contributed by atoms with Gasteiger partial charge in [-0.2, -0.15) is 0 Å². The summed E-state index contributed by atoms with van der Waals surface area (Å²) in [6.07, 6.45) is 1.35. The van der Waals surface area contributed by atoms with E-state index in [1.54, 1.807) is 0 Å². The lowest BCUT2D eigenvalue weighted by Crippen LogP contribution is -2.42. The molecule has 3 N–H and O–H groups in total. The molecule has 0 aromatic heterocycles. The van der Waals surface area contributed by atoms with Crippen molar-refractivity contribution in [2.24, 2.45) is 0 Å². The van der Waals surface area contributed by atoms with Crippen molar-refractivity contribution in [2.75, 3.05) is 6.61 Å². The fraction of sp³-hybridized carbons (Fsp3) is 0.381. The summed E-state index contributed by atoms with van der Waals surface area (Å²) in [6, 6.07) is 3.79. The second-order valence-electron chi connectivity index (χ2n) is 7.36. The van der Waals surface area contributed by atoms with E-state index in [1.165, 1.54) is 12.1 Å². The fourth-order valence-corrected chi connectivity index (χ4v) is 3.35. The molecule has 6 nitrogen and oxygen atoms in total. The molecular weight excluding hydrogens is 348 g/mol. The minimum atomic E-state index is -0.692. The van der Waals surface area contributed by atoms with Crippen LogP contribution < -0.4 is 4.74 Å². The van der Waals surface area contributed by atoms with Crippen LogP contribution in [0.1, 0.15) is 46.0 Å². The molecule has 1 heterocycles. The molecule has 0 fully saturated rings. The predicted molar refractivity (Wildman–Crippen MR) is 99.7 cm³/mol. The first-order valence-electron chi connectivity index (χ1n) is 8.82. The van der Waals surface area contributed by atoms with E-state index < -0.39 is 11.6 Å². The molecule has 6 heteroatoms. The molecule has 2 aromatic carbocycles. The highest BCUT2D eigenvalue weighted by atomic mass is 16.6. The number of rotatable bonds is 3. The van der Waals surface area contributed by atoms with Crippen molar-refractivity contribution in [3.8, 4) is 23.0 Å². The van der Waals surface area contributed by atoms with Crippen molar-refractivity contribution in [3.63, 3.8) is 0 Å². The summed E-state index contributed by atoms with van der Waals surface area (Å²) in [7, 11) is 0. The monoisotopic (exact) mass is 372 g/mol. The average Bonchev–Trinajstić information content (AvgIpc) is 2.65. The summed E-state index contributed by atoms with van der Waals surface area (Å²) in [6.45, 7) is 7.57. The van der Waals surface area contributed by atoms with Gasteiger partial charge in [0, 0.05) is 5.56 Å². The van der Waals surface area contributed by atoms with E-state index in [0.717, 1.165) is 34.1 Å². The van der Waals surface area contributed by atoms with Gasteiger partial charge in [0.05, 0.1) is 5.56 Å². The molecular formula is C21H24O6. The van der Waals surface area contributed by atoms with Gasteiger partial charge in [-0.05, 0) is 75.4 Å². The molecule has 0 radical (unpaired) electrons. The Labute approximate surface area is 158 Å². The number of fused-ring (bicyclic) bond motifs is 1. The SMILES string of the molecule is Cc1c(C)c2c(c(C)c1O)CCC(C)(COC(=O)c1ccc(O)c(O)c1)O2. The van der Waals surface area contributed by atoms with Gasteiger partial charge in [0.2, 0.25) is 0 Å². The van der Waals surface area contributed by atoms with Crippen LogP contribution in [0, 0.1) is 20.8 Å². The predicted octanol–water partition coefficient (Wildman–Crippen LogP) is 3.67. The van der Waals surface area contributed by atoms with E-state index in [9.17, 15) is 20.1 Å². The third kappa shape index (κ3) is 3.39. The molecule has 1 unspecified atom stereocenters. The van der Waals surface area contributed by atoms with Gasteiger partial charge >= 0.3 is 5.97 Å². The van der Waals surface area contributed by atoms with Crippen LogP contribution in [0.2, 0.25) is 0 Å². The highest BCUT2D eigenvalue weighted by Crippen LogP contribution is 2.43. The molecule has 1 aliphatic heterocycles.